The molecule has 0 amide bonds. The zero-order valence-electron chi connectivity index (χ0n) is 13.9. The number of aromatic nitrogens is 4. The van der Waals surface area contributed by atoms with Gasteiger partial charge in [0, 0.05) is 43.0 Å². The van der Waals surface area contributed by atoms with Crippen molar-refractivity contribution in [1.82, 2.24) is 25.3 Å². The average Bonchev–Trinajstić information content (AvgIpc) is 3.24. The molecule has 0 aliphatic carbocycles. The number of aliphatic hydroxyl groups is 1. The van der Waals surface area contributed by atoms with Gasteiger partial charge in [-0.25, -0.2) is 0 Å². The van der Waals surface area contributed by atoms with Crippen LogP contribution < -0.4 is 0 Å². The van der Waals surface area contributed by atoms with Gasteiger partial charge in [0.05, 0.1) is 6.10 Å². The van der Waals surface area contributed by atoms with Crippen LogP contribution in [0.5, 0.6) is 0 Å². The maximum Gasteiger partial charge on any atom is 0.117 e. The summed E-state index contributed by atoms with van der Waals surface area (Å²) >= 11 is 0. The summed E-state index contributed by atoms with van der Waals surface area (Å²) in [7, 11) is 0. The smallest absolute Gasteiger partial charge is 0.117 e. The molecule has 1 aromatic carbocycles. The number of nitrogens with one attached hydrogen (secondary N) is 1. The van der Waals surface area contributed by atoms with Crippen LogP contribution in [0.15, 0.2) is 54.7 Å². The van der Waals surface area contributed by atoms with Crippen molar-refractivity contribution in [2.45, 2.75) is 19.1 Å². The third-order valence-electron chi connectivity index (χ3n) is 4.72. The quantitative estimate of drug-likeness (QED) is 0.745. The highest BCUT2D eigenvalue weighted by Crippen LogP contribution is 2.25. The maximum atomic E-state index is 10.4. The molecular weight excluding hydrogens is 314 g/mol. The van der Waals surface area contributed by atoms with Crippen LogP contribution >= 0.6 is 0 Å². The Bertz CT molecular complexity index is 805. The van der Waals surface area contributed by atoms with Crippen molar-refractivity contribution in [3.63, 3.8) is 0 Å². The second-order valence-electron chi connectivity index (χ2n) is 6.53. The molecular formula is C19H21N5O. The van der Waals surface area contributed by atoms with Crippen molar-refractivity contribution >= 4 is 0 Å². The van der Waals surface area contributed by atoms with Crippen LogP contribution in [0.25, 0.3) is 11.3 Å². The Morgan fingerprint density at radius 2 is 1.88 bits per heavy atom. The zero-order chi connectivity index (χ0) is 17.1. The Balaban J connectivity index is 1.44. The Hall–Kier alpha value is -2.57. The Kier molecular flexibility index (Phi) is 4.54. The van der Waals surface area contributed by atoms with E-state index in [9.17, 15) is 5.11 Å². The minimum absolute atomic E-state index is 0.196. The highest BCUT2D eigenvalue weighted by molar-refractivity contribution is 5.60. The van der Waals surface area contributed by atoms with E-state index in [1.807, 2.05) is 48.5 Å². The number of benzene rings is 1. The van der Waals surface area contributed by atoms with Gasteiger partial charge in [0.15, 0.2) is 0 Å². The van der Waals surface area contributed by atoms with Crippen LogP contribution in [0.1, 0.15) is 11.4 Å². The number of H-pyrrole nitrogens is 1. The molecule has 3 aromatic rings. The second-order valence-corrected chi connectivity index (χ2v) is 6.53. The van der Waals surface area contributed by atoms with Gasteiger partial charge in [-0.3, -0.25) is 9.88 Å². The first-order valence-electron chi connectivity index (χ1n) is 8.55. The lowest BCUT2D eigenvalue weighted by Crippen LogP contribution is -2.22. The zero-order valence-corrected chi connectivity index (χ0v) is 13.9. The van der Waals surface area contributed by atoms with Crippen LogP contribution in [0, 0.1) is 5.92 Å². The molecule has 0 spiro atoms. The maximum absolute atomic E-state index is 10.4. The average molecular weight is 335 g/mol. The van der Waals surface area contributed by atoms with Gasteiger partial charge in [0.25, 0.3) is 0 Å². The molecule has 0 radical (unpaired) electrons. The number of β-amino-alcohol motifs (C(OH)–C–C–N with tert-alkyl or cyclic N) is 1. The van der Waals surface area contributed by atoms with E-state index in [0.29, 0.717) is 13.1 Å². The van der Waals surface area contributed by atoms with Gasteiger partial charge in [-0.05, 0) is 18.6 Å². The third-order valence-corrected chi connectivity index (χ3v) is 4.72. The summed E-state index contributed by atoms with van der Waals surface area (Å²) in [6, 6.07) is 16.0. The first-order chi connectivity index (χ1) is 12.3. The van der Waals surface area contributed by atoms with Crippen molar-refractivity contribution in [2.75, 3.05) is 13.1 Å². The van der Waals surface area contributed by atoms with Gasteiger partial charge >= 0.3 is 0 Å². The molecule has 0 unspecified atom stereocenters. The molecule has 4 rings (SSSR count). The molecule has 25 heavy (non-hydrogen) atoms. The van der Waals surface area contributed by atoms with Crippen molar-refractivity contribution < 1.29 is 5.11 Å². The molecule has 2 N–H and O–H groups in total. The van der Waals surface area contributed by atoms with E-state index in [0.717, 1.165) is 35.6 Å². The van der Waals surface area contributed by atoms with Crippen molar-refractivity contribution in [2.24, 2.45) is 5.92 Å². The lowest BCUT2D eigenvalue weighted by atomic mass is 10.00. The number of pyridine rings is 1. The van der Waals surface area contributed by atoms with Crippen molar-refractivity contribution in [1.29, 1.82) is 0 Å². The molecule has 6 heteroatoms. The first kappa shape index (κ1) is 15.9. The predicted molar refractivity (Wildman–Crippen MR) is 94.5 cm³/mol. The van der Waals surface area contributed by atoms with E-state index in [4.69, 9.17) is 0 Å². The standard InChI is InChI=1S/C19H21N5O/c25-18-13-24(11-15(18)10-16-8-4-5-9-20-16)12-17-19(22-23-21-17)14-6-2-1-3-7-14/h1-9,15,18,25H,10-13H2,(H,21,22,23)/t15-,18-/m1/s1. The van der Waals surface area contributed by atoms with Crippen LogP contribution in [0.2, 0.25) is 0 Å². The van der Waals surface area contributed by atoms with E-state index < -0.39 is 0 Å². The minimum Gasteiger partial charge on any atom is -0.391 e. The van der Waals surface area contributed by atoms with E-state index in [1.165, 1.54) is 0 Å². The highest BCUT2D eigenvalue weighted by Gasteiger charge is 2.32. The molecule has 1 saturated heterocycles. The molecule has 1 aliphatic rings. The third kappa shape index (κ3) is 3.60. The van der Waals surface area contributed by atoms with E-state index in [2.05, 4.69) is 25.3 Å². The predicted octanol–water partition coefficient (Wildman–Crippen LogP) is 1.90. The number of rotatable bonds is 5. The Morgan fingerprint density at radius 3 is 2.68 bits per heavy atom. The second kappa shape index (κ2) is 7.13. The fraction of sp³-hybridized carbons (Fsp3) is 0.316. The van der Waals surface area contributed by atoms with E-state index >= 15 is 0 Å². The molecule has 2 aromatic heterocycles. The summed E-state index contributed by atoms with van der Waals surface area (Å²) in [5.74, 6) is 0.196. The normalized spacial score (nSPS) is 20.8. The SMILES string of the molecule is O[C@@H]1CN(Cc2n[nH]nc2-c2ccccc2)C[C@H]1Cc1ccccn1. The highest BCUT2D eigenvalue weighted by atomic mass is 16.3. The minimum atomic E-state index is -0.339. The molecule has 1 fully saturated rings. The number of hydrogen-bond donors (Lipinski definition) is 2. The lowest BCUT2D eigenvalue weighted by molar-refractivity contribution is 0.140. The molecule has 128 valence electrons. The molecule has 3 heterocycles. The van der Waals surface area contributed by atoms with Gasteiger partial charge in [-0.1, -0.05) is 36.4 Å². The monoisotopic (exact) mass is 335 g/mol. The number of aliphatic hydroxyl groups excluding tert-OH is 1. The molecule has 0 bridgehead atoms. The number of nitrogens with zero attached hydrogens (tertiary/aromatic N) is 4. The van der Waals surface area contributed by atoms with Gasteiger partial charge in [0.2, 0.25) is 0 Å². The molecule has 1 aliphatic heterocycles. The molecule has 2 atom stereocenters. The van der Waals surface area contributed by atoms with Gasteiger partial charge < -0.3 is 5.11 Å². The number of hydrogen-bond acceptors (Lipinski definition) is 5. The van der Waals surface area contributed by atoms with Gasteiger partial charge in [-0.2, -0.15) is 15.4 Å². The van der Waals surface area contributed by atoms with Gasteiger partial charge in [-0.15, -0.1) is 0 Å². The largest absolute Gasteiger partial charge is 0.391 e. The summed E-state index contributed by atoms with van der Waals surface area (Å²) in [5.41, 5.74) is 3.87. The fourth-order valence-corrected chi connectivity index (χ4v) is 3.46. The number of aromatic amines is 1. The molecule has 0 saturated carbocycles. The van der Waals surface area contributed by atoms with E-state index in [-0.39, 0.29) is 12.0 Å². The van der Waals surface area contributed by atoms with Crippen molar-refractivity contribution in [3.8, 4) is 11.3 Å². The summed E-state index contributed by atoms with van der Waals surface area (Å²) in [6.45, 7) is 2.16. The van der Waals surface area contributed by atoms with Crippen LogP contribution in [-0.4, -0.2) is 49.6 Å². The van der Waals surface area contributed by atoms with Crippen molar-refractivity contribution in [3.05, 3.63) is 66.1 Å². The topological polar surface area (TPSA) is 77.9 Å². The molecule has 6 nitrogen and oxygen atoms in total. The van der Waals surface area contributed by atoms with E-state index in [1.54, 1.807) is 6.20 Å². The fourth-order valence-electron chi connectivity index (χ4n) is 3.46. The first-order valence-corrected chi connectivity index (χ1v) is 8.55. The van der Waals surface area contributed by atoms with Crippen LogP contribution in [0.3, 0.4) is 0 Å². The lowest BCUT2D eigenvalue weighted by Gasteiger charge is -2.14. The summed E-state index contributed by atoms with van der Waals surface area (Å²) in [6.07, 6.45) is 2.26. The Morgan fingerprint density at radius 1 is 1.04 bits per heavy atom. The van der Waals surface area contributed by atoms with Gasteiger partial charge in [0.1, 0.15) is 11.4 Å². The summed E-state index contributed by atoms with van der Waals surface area (Å²) in [5, 5.41) is 21.8. The number of likely N-dealkylation sites (tertiary alicyclic amines) is 1. The van der Waals surface area contributed by atoms with Crippen LogP contribution in [-0.2, 0) is 13.0 Å². The summed E-state index contributed by atoms with van der Waals surface area (Å²) < 4.78 is 0. The summed E-state index contributed by atoms with van der Waals surface area (Å²) in [4.78, 5) is 6.61. The Labute approximate surface area is 146 Å². The van der Waals surface area contributed by atoms with Crippen LogP contribution in [0.4, 0.5) is 0 Å².